The Balaban J connectivity index is 1.91. The average Bonchev–Trinajstić information content (AvgIpc) is 3.09. The number of nitriles is 1. The van der Waals surface area contributed by atoms with Crippen LogP contribution in [0.3, 0.4) is 0 Å². The third-order valence-electron chi connectivity index (χ3n) is 4.16. The number of Topliss-reactive ketones (excluding diaryl/α,β-unsaturated/α-hetero) is 1. The Labute approximate surface area is 129 Å². The van der Waals surface area contributed by atoms with E-state index in [4.69, 9.17) is 0 Å². The van der Waals surface area contributed by atoms with Crippen molar-refractivity contribution in [1.82, 2.24) is 9.78 Å². The van der Waals surface area contributed by atoms with Crippen LogP contribution in [0, 0.1) is 11.3 Å². The van der Waals surface area contributed by atoms with Crippen LogP contribution in [0.4, 0.5) is 5.69 Å². The lowest BCUT2D eigenvalue weighted by molar-refractivity contribution is 0.101. The summed E-state index contributed by atoms with van der Waals surface area (Å²) in [4.78, 5) is 13.8. The number of carbonyl (C=O) groups is 1. The molecule has 0 saturated carbocycles. The van der Waals surface area contributed by atoms with E-state index in [0.717, 1.165) is 31.6 Å². The Bertz CT molecular complexity index is 715. The fraction of sp³-hybridized carbons (Fsp3) is 0.353. The minimum atomic E-state index is 0.0198. The molecule has 0 aliphatic carbocycles. The van der Waals surface area contributed by atoms with Gasteiger partial charge in [-0.15, -0.1) is 0 Å². The summed E-state index contributed by atoms with van der Waals surface area (Å²) in [6, 6.07) is 9.76. The van der Waals surface area contributed by atoms with Gasteiger partial charge >= 0.3 is 0 Å². The zero-order valence-corrected chi connectivity index (χ0v) is 12.6. The fourth-order valence-electron chi connectivity index (χ4n) is 2.99. The SMILES string of the molecule is CC(=O)c1ccc(C#N)c(N2CCCC(n3cccn3)C2)c1. The maximum Gasteiger partial charge on any atom is 0.159 e. The van der Waals surface area contributed by atoms with Crippen LogP contribution >= 0.6 is 0 Å². The molecule has 0 amide bonds. The van der Waals surface area contributed by atoms with Gasteiger partial charge in [-0.25, -0.2) is 0 Å². The Hall–Kier alpha value is -2.61. The summed E-state index contributed by atoms with van der Waals surface area (Å²) in [5.74, 6) is 0.0198. The summed E-state index contributed by atoms with van der Waals surface area (Å²) in [6.45, 7) is 3.25. The van der Waals surface area contributed by atoms with E-state index in [1.54, 1.807) is 25.3 Å². The third kappa shape index (κ3) is 2.73. The first-order valence-corrected chi connectivity index (χ1v) is 7.48. The second-order valence-electron chi connectivity index (χ2n) is 5.63. The second kappa shape index (κ2) is 6.02. The summed E-state index contributed by atoms with van der Waals surface area (Å²) < 4.78 is 1.98. The van der Waals surface area contributed by atoms with Crippen molar-refractivity contribution in [2.45, 2.75) is 25.8 Å². The Morgan fingerprint density at radius 1 is 1.45 bits per heavy atom. The number of anilines is 1. The number of hydrogen-bond donors (Lipinski definition) is 0. The quantitative estimate of drug-likeness (QED) is 0.817. The number of rotatable bonds is 3. The maximum absolute atomic E-state index is 11.6. The van der Waals surface area contributed by atoms with Gasteiger partial charge in [0.05, 0.1) is 17.3 Å². The summed E-state index contributed by atoms with van der Waals surface area (Å²) in [5.41, 5.74) is 2.12. The van der Waals surface area contributed by atoms with Gasteiger partial charge in [0.1, 0.15) is 6.07 Å². The van der Waals surface area contributed by atoms with Gasteiger partial charge in [0.2, 0.25) is 0 Å². The number of piperidine rings is 1. The normalized spacial score (nSPS) is 18.0. The molecule has 3 rings (SSSR count). The first-order chi connectivity index (χ1) is 10.7. The molecule has 1 aliphatic rings. The van der Waals surface area contributed by atoms with Gasteiger partial charge in [-0.2, -0.15) is 10.4 Å². The van der Waals surface area contributed by atoms with E-state index in [-0.39, 0.29) is 5.78 Å². The van der Waals surface area contributed by atoms with Gasteiger partial charge in [-0.3, -0.25) is 9.48 Å². The molecular weight excluding hydrogens is 276 g/mol. The van der Waals surface area contributed by atoms with E-state index in [2.05, 4.69) is 16.1 Å². The molecule has 1 unspecified atom stereocenters. The highest BCUT2D eigenvalue weighted by Gasteiger charge is 2.23. The van der Waals surface area contributed by atoms with Gasteiger partial charge in [0.25, 0.3) is 0 Å². The van der Waals surface area contributed by atoms with E-state index >= 15 is 0 Å². The van der Waals surface area contributed by atoms with E-state index in [1.807, 2.05) is 23.0 Å². The van der Waals surface area contributed by atoms with E-state index in [1.165, 1.54) is 0 Å². The molecule has 0 spiro atoms. The lowest BCUT2D eigenvalue weighted by Gasteiger charge is -2.35. The highest BCUT2D eigenvalue weighted by atomic mass is 16.1. The predicted octanol–water partition coefficient (Wildman–Crippen LogP) is 2.80. The lowest BCUT2D eigenvalue weighted by atomic mass is 10.0. The molecule has 5 nitrogen and oxygen atoms in total. The van der Waals surface area contributed by atoms with Gasteiger partial charge < -0.3 is 4.90 Å². The van der Waals surface area contributed by atoms with E-state index < -0.39 is 0 Å². The second-order valence-corrected chi connectivity index (χ2v) is 5.63. The zero-order chi connectivity index (χ0) is 15.5. The van der Waals surface area contributed by atoms with Gasteiger partial charge in [-0.05, 0) is 44.0 Å². The Kier molecular flexibility index (Phi) is 3.92. The number of aromatic nitrogens is 2. The van der Waals surface area contributed by atoms with Gasteiger partial charge in [-0.1, -0.05) is 0 Å². The third-order valence-corrected chi connectivity index (χ3v) is 4.16. The summed E-state index contributed by atoms with van der Waals surface area (Å²) in [7, 11) is 0. The topological polar surface area (TPSA) is 61.9 Å². The minimum absolute atomic E-state index is 0.0198. The van der Waals surface area contributed by atoms with Crippen molar-refractivity contribution in [2.24, 2.45) is 0 Å². The molecule has 2 heterocycles. The molecule has 1 aliphatic heterocycles. The van der Waals surface area contributed by atoms with E-state index in [9.17, 15) is 10.1 Å². The molecule has 1 aromatic carbocycles. The van der Waals surface area contributed by atoms with Crippen molar-refractivity contribution >= 4 is 11.5 Å². The Morgan fingerprint density at radius 3 is 3.00 bits per heavy atom. The first-order valence-electron chi connectivity index (χ1n) is 7.48. The van der Waals surface area contributed by atoms with E-state index in [0.29, 0.717) is 17.2 Å². The lowest BCUT2D eigenvalue weighted by Crippen LogP contribution is -2.37. The summed E-state index contributed by atoms with van der Waals surface area (Å²) in [5, 5.41) is 13.7. The highest BCUT2D eigenvalue weighted by Crippen LogP contribution is 2.29. The molecule has 1 atom stereocenters. The smallest absolute Gasteiger partial charge is 0.159 e. The van der Waals surface area contributed by atoms with Crippen LogP contribution in [0.1, 0.15) is 41.7 Å². The number of carbonyl (C=O) groups excluding carboxylic acids is 1. The molecule has 1 fully saturated rings. The Morgan fingerprint density at radius 2 is 2.32 bits per heavy atom. The number of ketones is 1. The number of nitrogens with zero attached hydrogens (tertiary/aromatic N) is 4. The molecule has 0 radical (unpaired) electrons. The largest absolute Gasteiger partial charge is 0.368 e. The van der Waals surface area contributed by atoms with Crippen LogP contribution in [0.15, 0.2) is 36.7 Å². The van der Waals surface area contributed by atoms with Crippen molar-refractivity contribution in [3.8, 4) is 6.07 Å². The van der Waals surface area contributed by atoms with Crippen molar-refractivity contribution < 1.29 is 4.79 Å². The first kappa shape index (κ1) is 14.3. The molecule has 0 bridgehead atoms. The number of hydrogen-bond acceptors (Lipinski definition) is 4. The predicted molar refractivity (Wildman–Crippen MR) is 83.9 cm³/mol. The summed E-state index contributed by atoms with van der Waals surface area (Å²) >= 11 is 0. The standard InChI is InChI=1S/C17H18N4O/c1-13(22)14-5-6-15(11-18)17(10-14)20-8-2-4-16(12-20)21-9-3-7-19-21/h3,5-7,9-10,16H,2,4,8,12H2,1H3. The molecule has 22 heavy (non-hydrogen) atoms. The minimum Gasteiger partial charge on any atom is -0.368 e. The molecule has 112 valence electrons. The van der Waals surface area contributed by atoms with Crippen LogP contribution in [0.5, 0.6) is 0 Å². The molecule has 5 heteroatoms. The van der Waals surface area contributed by atoms with Gasteiger partial charge in [0.15, 0.2) is 5.78 Å². The monoisotopic (exact) mass is 294 g/mol. The zero-order valence-electron chi connectivity index (χ0n) is 12.6. The molecule has 1 saturated heterocycles. The van der Waals surface area contributed by atoms with Crippen LogP contribution in [0.2, 0.25) is 0 Å². The molecule has 0 N–H and O–H groups in total. The van der Waals surface area contributed by atoms with Crippen molar-refractivity contribution in [3.63, 3.8) is 0 Å². The van der Waals surface area contributed by atoms with Crippen LogP contribution in [-0.2, 0) is 0 Å². The molecule has 1 aromatic heterocycles. The van der Waals surface area contributed by atoms with Crippen LogP contribution in [-0.4, -0.2) is 28.7 Å². The van der Waals surface area contributed by atoms with Gasteiger partial charge in [0, 0.05) is 31.0 Å². The number of benzene rings is 1. The summed E-state index contributed by atoms with van der Waals surface area (Å²) in [6.07, 6.45) is 5.88. The fourth-order valence-corrected chi connectivity index (χ4v) is 2.99. The van der Waals surface area contributed by atoms with Crippen molar-refractivity contribution in [1.29, 1.82) is 5.26 Å². The molecular formula is C17H18N4O. The van der Waals surface area contributed by atoms with Crippen LogP contribution < -0.4 is 4.90 Å². The molecule has 2 aromatic rings. The average molecular weight is 294 g/mol. The van der Waals surface area contributed by atoms with Crippen molar-refractivity contribution in [3.05, 3.63) is 47.8 Å². The maximum atomic E-state index is 11.6. The highest BCUT2D eigenvalue weighted by molar-refractivity contribution is 5.95. The van der Waals surface area contributed by atoms with Crippen LogP contribution in [0.25, 0.3) is 0 Å². The van der Waals surface area contributed by atoms with Crippen molar-refractivity contribution in [2.75, 3.05) is 18.0 Å².